The monoisotopic (exact) mass is 206 g/mol. The third kappa shape index (κ3) is 5.01. The maximum Gasteiger partial charge on any atom is -0.0132 e. The average molecular weight is 206 g/mol. The summed E-state index contributed by atoms with van der Waals surface area (Å²) >= 11 is 0. The van der Waals surface area contributed by atoms with E-state index in [0.29, 0.717) is 0 Å². The van der Waals surface area contributed by atoms with Gasteiger partial charge in [0.1, 0.15) is 0 Å². The lowest BCUT2D eigenvalue weighted by atomic mass is 9.84. The van der Waals surface area contributed by atoms with Gasteiger partial charge in [-0.25, -0.2) is 0 Å². The van der Waals surface area contributed by atoms with Crippen molar-refractivity contribution in [2.24, 2.45) is 10.8 Å². The highest BCUT2D eigenvalue weighted by atomic mass is 14.2. The summed E-state index contributed by atoms with van der Waals surface area (Å²) in [4.78, 5) is 0. The minimum atomic E-state index is 0.177. The second kappa shape index (κ2) is 4.83. The molecule has 0 fully saturated rings. The standard InChI is InChI=1S/C15H26/c1-9-13(15(6,7)8)11-10-12(2)14(3,4)5/h9-11H,1H2,2-8H3. The van der Waals surface area contributed by atoms with Crippen LogP contribution >= 0.6 is 0 Å². The average Bonchev–Trinajstić information content (AvgIpc) is 2.00. The molecule has 0 N–H and O–H groups in total. The summed E-state index contributed by atoms with van der Waals surface area (Å²) in [5, 5.41) is 0. The van der Waals surface area contributed by atoms with E-state index in [2.05, 4.69) is 67.2 Å². The Kier molecular flexibility index (Phi) is 4.58. The van der Waals surface area contributed by atoms with Crippen LogP contribution in [-0.2, 0) is 0 Å². The summed E-state index contributed by atoms with van der Waals surface area (Å²) in [6.07, 6.45) is 6.35. The highest BCUT2D eigenvalue weighted by Gasteiger charge is 2.14. The molecule has 15 heavy (non-hydrogen) atoms. The van der Waals surface area contributed by atoms with Gasteiger partial charge in [-0.1, -0.05) is 71.9 Å². The lowest BCUT2D eigenvalue weighted by Gasteiger charge is -2.21. The topological polar surface area (TPSA) is 0 Å². The van der Waals surface area contributed by atoms with Crippen molar-refractivity contribution < 1.29 is 0 Å². The largest absolute Gasteiger partial charge is 0.0988 e. The SMILES string of the molecule is C=CC(=CC=C(C)C(C)(C)C)C(C)(C)C. The molecule has 0 heteroatoms. The Morgan fingerprint density at radius 2 is 1.33 bits per heavy atom. The summed E-state index contributed by atoms with van der Waals surface area (Å²) < 4.78 is 0. The van der Waals surface area contributed by atoms with Gasteiger partial charge >= 0.3 is 0 Å². The Morgan fingerprint density at radius 3 is 1.60 bits per heavy atom. The van der Waals surface area contributed by atoms with Crippen molar-refractivity contribution in [3.8, 4) is 0 Å². The highest BCUT2D eigenvalue weighted by molar-refractivity contribution is 5.29. The van der Waals surface area contributed by atoms with Gasteiger partial charge in [-0.05, 0) is 23.3 Å². The molecule has 0 aliphatic rings. The quantitative estimate of drug-likeness (QED) is 0.549. The molecule has 0 radical (unpaired) electrons. The molecule has 0 unspecified atom stereocenters. The predicted octanol–water partition coefficient (Wildman–Crippen LogP) is 5.14. The van der Waals surface area contributed by atoms with Crippen LogP contribution in [0.2, 0.25) is 0 Å². The van der Waals surface area contributed by atoms with Crippen molar-refractivity contribution in [2.45, 2.75) is 48.5 Å². The fourth-order valence-corrected chi connectivity index (χ4v) is 1.09. The van der Waals surface area contributed by atoms with E-state index < -0.39 is 0 Å². The molecule has 0 saturated heterocycles. The van der Waals surface area contributed by atoms with E-state index in [1.165, 1.54) is 11.1 Å². The molecule has 0 aliphatic heterocycles. The number of hydrogen-bond donors (Lipinski definition) is 0. The van der Waals surface area contributed by atoms with Crippen molar-refractivity contribution in [1.29, 1.82) is 0 Å². The van der Waals surface area contributed by atoms with Gasteiger partial charge in [-0.3, -0.25) is 0 Å². The van der Waals surface area contributed by atoms with Crippen molar-refractivity contribution >= 4 is 0 Å². The molecule has 0 aromatic heterocycles. The molecule has 0 atom stereocenters. The highest BCUT2D eigenvalue weighted by Crippen LogP contribution is 2.28. The van der Waals surface area contributed by atoms with Gasteiger partial charge in [-0.15, -0.1) is 0 Å². The first-order chi connectivity index (χ1) is 6.59. The molecule has 0 rings (SSSR count). The van der Waals surface area contributed by atoms with Crippen LogP contribution in [0.15, 0.2) is 36.0 Å². The van der Waals surface area contributed by atoms with Crippen LogP contribution in [0.4, 0.5) is 0 Å². The van der Waals surface area contributed by atoms with Crippen molar-refractivity contribution in [2.75, 3.05) is 0 Å². The molecule has 0 aliphatic carbocycles. The Morgan fingerprint density at radius 1 is 0.867 bits per heavy atom. The first-order valence-corrected chi connectivity index (χ1v) is 5.61. The van der Waals surface area contributed by atoms with Gasteiger partial charge in [0.15, 0.2) is 0 Å². The summed E-state index contributed by atoms with van der Waals surface area (Å²) in [6.45, 7) is 19.4. The summed E-state index contributed by atoms with van der Waals surface area (Å²) in [5.74, 6) is 0. The van der Waals surface area contributed by atoms with E-state index in [1.54, 1.807) is 0 Å². The number of rotatable bonds is 2. The van der Waals surface area contributed by atoms with Crippen molar-refractivity contribution in [1.82, 2.24) is 0 Å². The number of allylic oxidation sites excluding steroid dienone is 5. The fraction of sp³-hybridized carbons (Fsp3) is 0.600. The third-order valence-electron chi connectivity index (χ3n) is 2.78. The Balaban J connectivity index is 4.99. The number of hydrogen-bond acceptors (Lipinski definition) is 0. The minimum Gasteiger partial charge on any atom is -0.0988 e. The normalized spacial score (nSPS) is 15.4. The molecular formula is C15H26. The molecule has 0 bridgehead atoms. The molecule has 0 heterocycles. The minimum absolute atomic E-state index is 0.177. The molecule has 0 saturated carbocycles. The fourth-order valence-electron chi connectivity index (χ4n) is 1.09. The second-order valence-corrected chi connectivity index (χ2v) is 6.18. The Hall–Kier alpha value is -0.780. The van der Waals surface area contributed by atoms with Crippen molar-refractivity contribution in [3.63, 3.8) is 0 Å². The molecule has 0 amide bonds. The van der Waals surface area contributed by atoms with E-state index in [4.69, 9.17) is 0 Å². The van der Waals surface area contributed by atoms with Crippen LogP contribution in [0.25, 0.3) is 0 Å². The van der Waals surface area contributed by atoms with Gasteiger partial charge in [0.25, 0.3) is 0 Å². The van der Waals surface area contributed by atoms with E-state index >= 15 is 0 Å². The Labute approximate surface area is 95.8 Å². The first-order valence-electron chi connectivity index (χ1n) is 5.61. The molecule has 86 valence electrons. The molecule has 0 nitrogen and oxygen atoms in total. The van der Waals surface area contributed by atoms with Crippen LogP contribution in [0.1, 0.15) is 48.5 Å². The molecule has 0 aromatic carbocycles. The van der Waals surface area contributed by atoms with E-state index in [-0.39, 0.29) is 10.8 Å². The van der Waals surface area contributed by atoms with Crippen LogP contribution in [-0.4, -0.2) is 0 Å². The van der Waals surface area contributed by atoms with E-state index in [1.807, 2.05) is 6.08 Å². The maximum absolute atomic E-state index is 3.87. The van der Waals surface area contributed by atoms with E-state index in [9.17, 15) is 0 Å². The molecule has 0 spiro atoms. The van der Waals surface area contributed by atoms with Crippen LogP contribution in [0, 0.1) is 10.8 Å². The predicted molar refractivity (Wildman–Crippen MR) is 70.9 cm³/mol. The van der Waals surface area contributed by atoms with Gasteiger partial charge in [-0.2, -0.15) is 0 Å². The van der Waals surface area contributed by atoms with Gasteiger partial charge in [0.05, 0.1) is 0 Å². The second-order valence-electron chi connectivity index (χ2n) is 6.18. The van der Waals surface area contributed by atoms with Crippen molar-refractivity contribution in [3.05, 3.63) is 36.0 Å². The lowest BCUT2D eigenvalue weighted by Crippen LogP contribution is -2.08. The van der Waals surface area contributed by atoms with Crippen LogP contribution in [0.3, 0.4) is 0 Å². The summed E-state index contributed by atoms with van der Waals surface area (Å²) in [6, 6.07) is 0. The van der Waals surface area contributed by atoms with Gasteiger partial charge in [0, 0.05) is 0 Å². The van der Waals surface area contributed by atoms with Gasteiger partial charge < -0.3 is 0 Å². The molecule has 0 aromatic rings. The summed E-state index contributed by atoms with van der Waals surface area (Å²) in [7, 11) is 0. The molecular weight excluding hydrogens is 180 g/mol. The maximum atomic E-state index is 3.87. The van der Waals surface area contributed by atoms with Crippen LogP contribution < -0.4 is 0 Å². The van der Waals surface area contributed by atoms with Gasteiger partial charge in [0.2, 0.25) is 0 Å². The zero-order chi connectivity index (χ0) is 12.3. The van der Waals surface area contributed by atoms with Crippen LogP contribution in [0.5, 0.6) is 0 Å². The Bertz CT molecular complexity index is 274. The summed E-state index contributed by atoms with van der Waals surface area (Å²) in [5.41, 5.74) is 3.11. The third-order valence-corrected chi connectivity index (χ3v) is 2.78. The first kappa shape index (κ1) is 14.2. The smallest absolute Gasteiger partial charge is 0.0132 e. The zero-order valence-electron chi connectivity index (χ0n) is 11.4. The lowest BCUT2D eigenvalue weighted by molar-refractivity contribution is 0.502. The van der Waals surface area contributed by atoms with E-state index in [0.717, 1.165) is 0 Å². The zero-order valence-corrected chi connectivity index (χ0v) is 11.4.